The summed E-state index contributed by atoms with van der Waals surface area (Å²) in [5.74, 6) is 1.34. The first-order valence-electron chi connectivity index (χ1n) is 8.61. The van der Waals surface area contributed by atoms with Crippen molar-refractivity contribution in [3.63, 3.8) is 0 Å². The van der Waals surface area contributed by atoms with Crippen LogP contribution in [0.2, 0.25) is 0 Å². The summed E-state index contributed by atoms with van der Waals surface area (Å²) < 4.78 is 25.2. The second kappa shape index (κ2) is 7.36. The van der Waals surface area contributed by atoms with Gasteiger partial charge in [0, 0.05) is 35.8 Å². The highest BCUT2D eigenvalue weighted by molar-refractivity contribution is 7.09. The Hall–Kier alpha value is -2.93. The Morgan fingerprint density at radius 3 is 2.85 bits per heavy atom. The minimum atomic E-state index is -0.216. The second-order valence-corrected chi connectivity index (χ2v) is 6.95. The van der Waals surface area contributed by atoms with Gasteiger partial charge in [-0.2, -0.15) is 4.37 Å². The summed E-state index contributed by atoms with van der Waals surface area (Å²) in [6, 6.07) is 12.7. The highest BCUT2D eigenvalue weighted by Crippen LogP contribution is 2.31. The number of nitrogens with one attached hydrogen (secondary N) is 1. The van der Waals surface area contributed by atoms with E-state index in [-0.39, 0.29) is 5.82 Å². The van der Waals surface area contributed by atoms with Gasteiger partial charge in [-0.05, 0) is 60.9 Å². The van der Waals surface area contributed by atoms with Crippen molar-refractivity contribution in [2.75, 3.05) is 19.0 Å². The van der Waals surface area contributed by atoms with Crippen molar-refractivity contribution in [1.82, 2.24) is 13.9 Å². The van der Waals surface area contributed by atoms with Crippen LogP contribution in [-0.4, -0.2) is 27.6 Å². The zero-order valence-corrected chi connectivity index (χ0v) is 15.9. The molecule has 2 aromatic heterocycles. The number of ether oxygens (including phenoxy) is 1. The Labute approximate surface area is 160 Å². The van der Waals surface area contributed by atoms with Crippen LogP contribution in [0.4, 0.5) is 10.1 Å². The zero-order chi connectivity index (χ0) is 18.8. The van der Waals surface area contributed by atoms with E-state index in [4.69, 9.17) is 4.74 Å². The Morgan fingerprint density at radius 1 is 1.19 bits per heavy atom. The molecule has 2 aromatic carbocycles. The molecule has 0 aliphatic rings. The number of aryl methyl sites for hydroxylation is 1. The van der Waals surface area contributed by atoms with Crippen LogP contribution in [0.1, 0.15) is 5.82 Å². The van der Waals surface area contributed by atoms with Gasteiger partial charge in [0.2, 0.25) is 0 Å². The first-order chi connectivity index (χ1) is 13.1. The van der Waals surface area contributed by atoms with Crippen LogP contribution in [0.25, 0.3) is 21.5 Å². The molecule has 0 spiro atoms. The van der Waals surface area contributed by atoms with Crippen LogP contribution in [0.3, 0.4) is 0 Å². The van der Waals surface area contributed by atoms with Crippen LogP contribution >= 0.6 is 11.5 Å². The van der Waals surface area contributed by atoms with Gasteiger partial charge < -0.3 is 14.6 Å². The first kappa shape index (κ1) is 17.5. The summed E-state index contributed by atoms with van der Waals surface area (Å²) in [6.45, 7) is 3.34. The van der Waals surface area contributed by atoms with Crippen molar-refractivity contribution in [2.45, 2.75) is 13.5 Å². The van der Waals surface area contributed by atoms with Crippen molar-refractivity contribution in [2.24, 2.45) is 0 Å². The zero-order valence-electron chi connectivity index (χ0n) is 15.1. The molecule has 4 rings (SSSR count). The maximum Gasteiger partial charge on any atom is 0.144 e. The van der Waals surface area contributed by atoms with Crippen molar-refractivity contribution in [3.8, 4) is 16.3 Å². The van der Waals surface area contributed by atoms with Crippen LogP contribution in [0.5, 0.6) is 5.75 Å². The fraction of sp³-hybridized carbons (Fsp3) is 0.200. The molecule has 0 atom stereocenters. The Kier molecular flexibility index (Phi) is 4.77. The fourth-order valence-corrected chi connectivity index (χ4v) is 3.74. The van der Waals surface area contributed by atoms with Gasteiger partial charge in [-0.1, -0.05) is 0 Å². The lowest BCUT2D eigenvalue weighted by Gasteiger charge is -2.13. The lowest BCUT2D eigenvalue weighted by atomic mass is 10.2. The number of hydrogen-bond acceptors (Lipinski definition) is 5. The minimum Gasteiger partial charge on any atom is -0.495 e. The third-order valence-corrected chi connectivity index (χ3v) is 5.23. The quantitative estimate of drug-likeness (QED) is 0.524. The van der Waals surface area contributed by atoms with Crippen molar-refractivity contribution < 1.29 is 9.13 Å². The number of rotatable bonds is 6. The molecule has 0 aliphatic carbocycles. The molecule has 0 aliphatic heterocycles. The molecule has 0 fully saturated rings. The fourth-order valence-electron chi connectivity index (χ4n) is 3.07. The van der Waals surface area contributed by atoms with E-state index in [0.29, 0.717) is 6.54 Å². The van der Waals surface area contributed by atoms with Gasteiger partial charge in [-0.15, -0.1) is 0 Å². The van der Waals surface area contributed by atoms with Crippen LogP contribution in [-0.2, 0) is 6.54 Å². The van der Waals surface area contributed by atoms with Crippen molar-refractivity contribution in [1.29, 1.82) is 0 Å². The molecular weight excluding hydrogens is 363 g/mol. The molecule has 4 aromatic rings. The molecule has 138 valence electrons. The van der Waals surface area contributed by atoms with Crippen LogP contribution in [0, 0.1) is 12.7 Å². The Morgan fingerprint density at radius 2 is 2.07 bits per heavy atom. The molecule has 0 bridgehead atoms. The van der Waals surface area contributed by atoms with E-state index in [1.54, 1.807) is 13.2 Å². The van der Waals surface area contributed by atoms with E-state index in [9.17, 15) is 4.39 Å². The monoisotopic (exact) mass is 382 g/mol. The summed E-state index contributed by atoms with van der Waals surface area (Å²) in [7, 11) is 1.66. The number of nitrogens with zero attached hydrogens (tertiary/aromatic N) is 3. The number of anilines is 1. The number of methoxy groups -OCH3 is 1. The van der Waals surface area contributed by atoms with E-state index in [2.05, 4.69) is 19.2 Å². The largest absolute Gasteiger partial charge is 0.495 e. The summed E-state index contributed by atoms with van der Waals surface area (Å²) in [5.41, 5.74) is 2.93. The third kappa shape index (κ3) is 3.64. The number of benzene rings is 2. The van der Waals surface area contributed by atoms with Gasteiger partial charge in [0.15, 0.2) is 0 Å². The van der Waals surface area contributed by atoms with Crippen LogP contribution in [0.15, 0.2) is 48.7 Å². The molecule has 27 heavy (non-hydrogen) atoms. The van der Waals surface area contributed by atoms with E-state index in [1.807, 2.05) is 43.5 Å². The number of hydrogen-bond donors (Lipinski definition) is 1. The molecule has 2 heterocycles. The molecule has 0 amide bonds. The number of fused-ring (bicyclic) bond motifs is 1. The number of halogens is 1. The molecular formula is C20H19FN4OS. The third-order valence-electron chi connectivity index (χ3n) is 4.38. The predicted molar refractivity (Wildman–Crippen MR) is 107 cm³/mol. The molecule has 1 N–H and O–H groups in total. The predicted octanol–water partition coefficient (Wildman–Crippen LogP) is 4.73. The normalized spacial score (nSPS) is 11.1. The lowest BCUT2D eigenvalue weighted by molar-refractivity contribution is 0.416. The summed E-state index contributed by atoms with van der Waals surface area (Å²) in [6.07, 6.45) is 1.98. The molecule has 0 radical (unpaired) electrons. The van der Waals surface area contributed by atoms with E-state index in [0.717, 1.165) is 45.3 Å². The van der Waals surface area contributed by atoms with Crippen molar-refractivity contribution >= 4 is 28.1 Å². The summed E-state index contributed by atoms with van der Waals surface area (Å²) in [5, 5.41) is 5.22. The number of aromatic nitrogens is 3. The topological polar surface area (TPSA) is 52.0 Å². The van der Waals surface area contributed by atoms with Gasteiger partial charge in [0.05, 0.1) is 12.8 Å². The molecule has 5 nitrogen and oxygen atoms in total. The SMILES string of the molecule is COc1ccc(-c2nc(C)ns2)cc1NCCn1ccc2cc(F)ccc21. The Balaban J connectivity index is 1.51. The van der Waals surface area contributed by atoms with Gasteiger partial charge in [0.1, 0.15) is 22.4 Å². The average molecular weight is 382 g/mol. The van der Waals surface area contributed by atoms with Gasteiger partial charge in [0.25, 0.3) is 0 Å². The average Bonchev–Trinajstić information content (AvgIpc) is 3.28. The lowest BCUT2D eigenvalue weighted by Crippen LogP contribution is -2.10. The standard InChI is InChI=1S/C20H19FN4OS/c1-13-23-20(27-24-13)15-3-6-19(26-2)17(12-15)22-8-10-25-9-7-14-11-16(21)4-5-18(14)25/h3-7,9,11-12,22H,8,10H2,1-2H3. The smallest absolute Gasteiger partial charge is 0.144 e. The van der Waals surface area contributed by atoms with E-state index < -0.39 is 0 Å². The maximum absolute atomic E-state index is 13.3. The molecule has 0 saturated carbocycles. The first-order valence-corrected chi connectivity index (χ1v) is 9.38. The van der Waals surface area contributed by atoms with Gasteiger partial charge >= 0.3 is 0 Å². The van der Waals surface area contributed by atoms with Gasteiger partial charge in [-0.25, -0.2) is 9.37 Å². The summed E-state index contributed by atoms with van der Waals surface area (Å²) in [4.78, 5) is 4.44. The minimum absolute atomic E-state index is 0.216. The van der Waals surface area contributed by atoms with Crippen molar-refractivity contribution in [3.05, 3.63) is 60.3 Å². The van der Waals surface area contributed by atoms with E-state index >= 15 is 0 Å². The van der Waals surface area contributed by atoms with Gasteiger partial charge in [-0.3, -0.25) is 0 Å². The highest BCUT2D eigenvalue weighted by Gasteiger charge is 2.09. The summed E-state index contributed by atoms with van der Waals surface area (Å²) >= 11 is 1.38. The van der Waals surface area contributed by atoms with Crippen LogP contribution < -0.4 is 10.1 Å². The highest BCUT2D eigenvalue weighted by atomic mass is 32.1. The second-order valence-electron chi connectivity index (χ2n) is 6.20. The molecule has 7 heteroatoms. The molecule has 0 unspecified atom stereocenters. The maximum atomic E-state index is 13.3. The van der Waals surface area contributed by atoms with E-state index in [1.165, 1.54) is 17.6 Å². The Bertz CT molecular complexity index is 1090. The molecule has 0 saturated heterocycles.